The van der Waals surface area contributed by atoms with Crippen LogP contribution in [0.4, 0.5) is 17.6 Å². The van der Waals surface area contributed by atoms with E-state index in [9.17, 15) is 13.9 Å². The van der Waals surface area contributed by atoms with Crippen molar-refractivity contribution in [1.29, 1.82) is 5.26 Å². The van der Waals surface area contributed by atoms with Crippen LogP contribution >= 0.6 is 0 Å². The van der Waals surface area contributed by atoms with Crippen molar-refractivity contribution in [2.24, 2.45) is 16.8 Å². The zero-order chi connectivity index (χ0) is 21.7. The number of allylic oxidation sites excluding steroid dienone is 1. The van der Waals surface area contributed by atoms with Gasteiger partial charge in [-0.15, -0.1) is 0 Å². The van der Waals surface area contributed by atoms with Crippen LogP contribution in [0.15, 0.2) is 47.7 Å². The molecule has 0 aliphatic heterocycles. The third-order valence-corrected chi connectivity index (χ3v) is 3.98. The van der Waals surface area contributed by atoms with Crippen LogP contribution in [0, 0.1) is 23.0 Å². The van der Waals surface area contributed by atoms with Crippen molar-refractivity contribution in [2.75, 3.05) is 6.54 Å². The molecule has 2 rings (SSSR count). The number of hydrazone groups is 1. The molecule has 0 aliphatic carbocycles. The number of nitrogens with two attached hydrogens (primary N) is 2. The van der Waals surface area contributed by atoms with Gasteiger partial charge in [-0.05, 0) is 29.8 Å². The predicted octanol–water partition coefficient (Wildman–Crippen LogP) is 1.95. The van der Waals surface area contributed by atoms with E-state index in [2.05, 4.69) is 10.1 Å². The van der Waals surface area contributed by atoms with E-state index in [1.54, 1.807) is 6.07 Å². The number of hydrogen-bond donors (Lipinski definition) is 3. The third-order valence-electron chi connectivity index (χ3n) is 3.98. The topological polar surface area (TPSA) is 125 Å². The first-order valence-electron chi connectivity index (χ1n) is 7.99. The number of aromatic nitrogens is 1. The standard InChI is InChI=1S/C18H16F4N6O/c19-13-4-5-14(15(20)8-13)17(29,10-28(25)11-27-24)18(21,22)16-6-3-12(9-26-16)2-1-7-23/h1-6,8-9,11,29H,10,24-25H2/b2-1+,27-11-. The molecule has 152 valence electrons. The molecular formula is C18H16F4N6O. The van der Waals surface area contributed by atoms with E-state index in [-0.39, 0.29) is 0 Å². The Balaban J connectivity index is 2.59. The van der Waals surface area contributed by atoms with Crippen molar-refractivity contribution >= 4 is 12.4 Å². The Morgan fingerprint density at radius 1 is 1.28 bits per heavy atom. The highest BCUT2D eigenvalue weighted by Gasteiger charge is 2.58. The lowest BCUT2D eigenvalue weighted by Gasteiger charge is -2.37. The molecule has 5 N–H and O–H groups in total. The monoisotopic (exact) mass is 408 g/mol. The Hall–Kier alpha value is -3.49. The van der Waals surface area contributed by atoms with Gasteiger partial charge in [-0.2, -0.15) is 19.1 Å². The summed E-state index contributed by atoms with van der Waals surface area (Å²) in [5.41, 5.74) is -4.73. The molecule has 0 amide bonds. The van der Waals surface area contributed by atoms with Gasteiger partial charge in [-0.25, -0.2) is 14.6 Å². The highest BCUT2D eigenvalue weighted by molar-refractivity contribution is 5.54. The summed E-state index contributed by atoms with van der Waals surface area (Å²) in [5, 5.41) is 23.0. The van der Waals surface area contributed by atoms with Crippen molar-refractivity contribution in [3.63, 3.8) is 0 Å². The second-order valence-electron chi connectivity index (χ2n) is 5.93. The van der Waals surface area contributed by atoms with Gasteiger partial charge in [0.05, 0.1) is 12.6 Å². The van der Waals surface area contributed by atoms with Crippen molar-refractivity contribution in [3.05, 3.63) is 71.1 Å². The van der Waals surface area contributed by atoms with Crippen LogP contribution < -0.4 is 11.7 Å². The predicted molar refractivity (Wildman–Crippen MR) is 96.6 cm³/mol. The molecule has 0 spiro atoms. The molecule has 0 fully saturated rings. The van der Waals surface area contributed by atoms with Crippen molar-refractivity contribution in [3.8, 4) is 6.07 Å². The molecule has 1 heterocycles. The molecule has 1 aromatic heterocycles. The summed E-state index contributed by atoms with van der Waals surface area (Å²) in [7, 11) is 0. The number of hydrogen-bond acceptors (Lipinski definition) is 6. The minimum Gasteiger partial charge on any atom is -0.377 e. The first-order valence-corrected chi connectivity index (χ1v) is 7.99. The van der Waals surface area contributed by atoms with Gasteiger partial charge in [0.25, 0.3) is 0 Å². The Kier molecular flexibility index (Phi) is 6.53. The zero-order valence-corrected chi connectivity index (χ0v) is 14.8. The first-order chi connectivity index (χ1) is 13.7. The van der Waals surface area contributed by atoms with E-state index < -0.39 is 41.0 Å². The highest BCUT2D eigenvalue weighted by Crippen LogP contribution is 2.45. The molecule has 0 saturated heterocycles. The number of benzene rings is 1. The van der Waals surface area contributed by atoms with Crippen LogP contribution in [0.1, 0.15) is 16.8 Å². The lowest BCUT2D eigenvalue weighted by Crippen LogP contribution is -2.53. The van der Waals surface area contributed by atoms with Gasteiger partial charge >= 0.3 is 5.92 Å². The molecule has 1 unspecified atom stereocenters. The minimum absolute atomic E-state index is 0.346. The van der Waals surface area contributed by atoms with Gasteiger partial charge in [0.1, 0.15) is 23.7 Å². The molecule has 11 heteroatoms. The summed E-state index contributed by atoms with van der Waals surface area (Å²) in [4.78, 5) is 3.61. The van der Waals surface area contributed by atoms with Crippen LogP contribution in [0.3, 0.4) is 0 Å². The maximum absolute atomic E-state index is 15.4. The number of nitrogens with zero attached hydrogens (tertiary/aromatic N) is 4. The molecule has 7 nitrogen and oxygen atoms in total. The number of rotatable bonds is 7. The second-order valence-corrected chi connectivity index (χ2v) is 5.93. The number of aliphatic hydroxyl groups is 1. The average Bonchev–Trinajstić information content (AvgIpc) is 2.66. The second kappa shape index (κ2) is 8.68. The van der Waals surface area contributed by atoms with Gasteiger partial charge in [0.15, 0.2) is 5.60 Å². The molecule has 0 aliphatic rings. The average molecular weight is 408 g/mol. The van der Waals surface area contributed by atoms with E-state index in [0.717, 1.165) is 30.7 Å². The van der Waals surface area contributed by atoms with Crippen molar-refractivity contribution in [2.45, 2.75) is 11.5 Å². The fraction of sp³-hybridized carbons (Fsp3) is 0.167. The van der Waals surface area contributed by atoms with Crippen molar-refractivity contribution in [1.82, 2.24) is 9.99 Å². The molecule has 0 saturated carbocycles. The lowest BCUT2D eigenvalue weighted by molar-refractivity contribution is -0.203. The Bertz CT molecular complexity index is 958. The molecule has 1 aromatic carbocycles. The van der Waals surface area contributed by atoms with Gasteiger partial charge in [-0.1, -0.05) is 6.07 Å². The summed E-state index contributed by atoms with van der Waals surface area (Å²) in [6.45, 7) is -1.05. The number of halogens is 4. The molecule has 1 atom stereocenters. The van der Waals surface area contributed by atoms with Gasteiger partial charge < -0.3 is 10.9 Å². The molecule has 29 heavy (non-hydrogen) atoms. The maximum Gasteiger partial charge on any atom is 0.323 e. The molecule has 0 radical (unpaired) electrons. The van der Waals surface area contributed by atoms with Crippen LogP contribution in [0.5, 0.6) is 0 Å². The Labute approximate surface area is 163 Å². The summed E-state index contributed by atoms with van der Waals surface area (Å²) in [6, 6.07) is 5.65. The lowest BCUT2D eigenvalue weighted by atomic mass is 9.84. The number of nitriles is 1. The van der Waals surface area contributed by atoms with E-state index >= 15 is 8.78 Å². The normalized spacial score (nSPS) is 14.1. The smallest absolute Gasteiger partial charge is 0.323 e. The number of alkyl halides is 2. The Morgan fingerprint density at radius 2 is 2.00 bits per heavy atom. The number of pyridine rings is 1. The number of hydrazine groups is 1. The van der Waals surface area contributed by atoms with E-state index in [1.165, 1.54) is 12.1 Å². The third kappa shape index (κ3) is 4.50. The highest BCUT2D eigenvalue weighted by atomic mass is 19.3. The van der Waals surface area contributed by atoms with Crippen LogP contribution in [0.2, 0.25) is 0 Å². The summed E-state index contributed by atoms with van der Waals surface area (Å²) in [5.74, 6) is 3.82. The largest absolute Gasteiger partial charge is 0.377 e. The maximum atomic E-state index is 15.4. The fourth-order valence-corrected chi connectivity index (χ4v) is 2.60. The Morgan fingerprint density at radius 3 is 2.55 bits per heavy atom. The van der Waals surface area contributed by atoms with Gasteiger partial charge in [0.2, 0.25) is 0 Å². The summed E-state index contributed by atoms with van der Waals surface area (Å²) < 4.78 is 58.3. The molecule has 0 bridgehead atoms. The van der Waals surface area contributed by atoms with Crippen LogP contribution in [-0.4, -0.2) is 28.0 Å². The van der Waals surface area contributed by atoms with Crippen LogP contribution in [-0.2, 0) is 11.5 Å². The van der Waals surface area contributed by atoms with Gasteiger partial charge in [0, 0.05) is 23.9 Å². The minimum atomic E-state index is -4.18. The van der Waals surface area contributed by atoms with Gasteiger partial charge in [-0.3, -0.25) is 9.99 Å². The molecular weight excluding hydrogens is 392 g/mol. The first kappa shape index (κ1) is 21.8. The fourth-order valence-electron chi connectivity index (χ4n) is 2.60. The van der Waals surface area contributed by atoms with Crippen LogP contribution in [0.25, 0.3) is 6.08 Å². The quantitative estimate of drug-likeness (QED) is 0.161. The van der Waals surface area contributed by atoms with Crippen molar-refractivity contribution < 1.29 is 22.7 Å². The van der Waals surface area contributed by atoms with E-state index in [0.29, 0.717) is 22.7 Å². The molecule has 2 aromatic rings. The van der Waals surface area contributed by atoms with E-state index in [4.69, 9.17) is 16.9 Å². The summed E-state index contributed by atoms with van der Waals surface area (Å²) >= 11 is 0. The zero-order valence-electron chi connectivity index (χ0n) is 14.8. The summed E-state index contributed by atoms with van der Waals surface area (Å²) in [6.07, 6.45) is 4.24. The SMILES string of the molecule is N#C/C=C/c1ccc(C(F)(F)C(O)(CN(N)/C=N\N)c2ccc(F)cc2F)nc1. The van der Waals surface area contributed by atoms with E-state index in [1.807, 2.05) is 0 Å².